The van der Waals surface area contributed by atoms with Crippen LogP contribution in [0.15, 0.2) is 18.3 Å². The molecule has 96 valence electrons. The van der Waals surface area contributed by atoms with Gasteiger partial charge in [-0.2, -0.15) is 9.65 Å². The van der Waals surface area contributed by atoms with Crippen molar-refractivity contribution < 1.29 is 9.18 Å². The van der Waals surface area contributed by atoms with Gasteiger partial charge < -0.3 is 5.32 Å². The van der Waals surface area contributed by atoms with E-state index in [2.05, 4.69) is 10.3 Å². The number of carbonyl (C=O) groups is 1. The fraction of sp³-hybridized carbons (Fsp3) is 0.154. The second-order valence-corrected chi connectivity index (χ2v) is 5.12. The van der Waals surface area contributed by atoms with Crippen molar-refractivity contribution in [2.45, 2.75) is 13.8 Å². The monoisotopic (exact) mass is 275 g/mol. The number of hydrogen-bond donors (Lipinski definition) is 1. The molecule has 0 radical (unpaired) electrons. The maximum atomic E-state index is 13.4. The molecular weight excluding hydrogens is 265 g/mol. The average molecular weight is 275 g/mol. The third kappa shape index (κ3) is 2.46. The van der Waals surface area contributed by atoms with Crippen LogP contribution in [0, 0.1) is 31.1 Å². The second-order valence-electron chi connectivity index (χ2n) is 3.90. The average Bonchev–Trinajstić information content (AvgIpc) is 2.64. The first-order valence-electron chi connectivity index (χ1n) is 5.46. The van der Waals surface area contributed by atoms with Crippen LogP contribution in [0.25, 0.3) is 0 Å². The van der Waals surface area contributed by atoms with Gasteiger partial charge in [-0.1, -0.05) is 0 Å². The number of pyridine rings is 1. The first-order chi connectivity index (χ1) is 9.04. The summed E-state index contributed by atoms with van der Waals surface area (Å²) in [5.41, 5.74) is 1.10. The Balaban J connectivity index is 2.33. The van der Waals surface area contributed by atoms with Gasteiger partial charge in [-0.25, -0.2) is 4.98 Å². The van der Waals surface area contributed by atoms with E-state index in [-0.39, 0.29) is 5.56 Å². The third-order valence-electron chi connectivity index (χ3n) is 2.73. The molecule has 0 aliphatic rings. The molecule has 0 atom stereocenters. The van der Waals surface area contributed by atoms with Crippen molar-refractivity contribution in [1.82, 2.24) is 4.98 Å². The molecule has 0 saturated heterocycles. The van der Waals surface area contributed by atoms with E-state index < -0.39 is 11.9 Å². The molecule has 2 aromatic rings. The number of rotatable bonds is 2. The molecule has 0 aliphatic heterocycles. The number of nitriles is 1. The third-order valence-corrected chi connectivity index (χ3v) is 3.85. The highest BCUT2D eigenvalue weighted by Crippen LogP contribution is 2.31. The SMILES string of the molecule is Cc1sc(NC(=O)c2cccnc2F)c(C#N)c1C. The summed E-state index contributed by atoms with van der Waals surface area (Å²) in [5, 5.41) is 12.1. The molecule has 0 fully saturated rings. The van der Waals surface area contributed by atoms with Crippen LogP contribution in [0.5, 0.6) is 0 Å². The van der Waals surface area contributed by atoms with E-state index in [1.807, 2.05) is 19.9 Å². The molecule has 2 aromatic heterocycles. The number of anilines is 1. The van der Waals surface area contributed by atoms with Gasteiger partial charge >= 0.3 is 0 Å². The minimum absolute atomic E-state index is 0.143. The number of nitrogens with zero attached hydrogens (tertiary/aromatic N) is 2. The predicted octanol–water partition coefficient (Wildman–Crippen LogP) is 3.02. The van der Waals surface area contributed by atoms with E-state index in [0.29, 0.717) is 10.6 Å². The Kier molecular flexibility index (Phi) is 3.58. The van der Waals surface area contributed by atoms with Gasteiger partial charge in [0.05, 0.1) is 11.1 Å². The molecule has 1 N–H and O–H groups in total. The van der Waals surface area contributed by atoms with Crippen LogP contribution < -0.4 is 5.32 Å². The summed E-state index contributed by atoms with van der Waals surface area (Å²) >= 11 is 1.30. The first kappa shape index (κ1) is 13.2. The molecule has 1 amide bonds. The van der Waals surface area contributed by atoms with Crippen molar-refractivity contribution in [2.75, 3.05) is 5.32 Å². The van der Waals surface area contributed by atoms with Gasteiger partial charge in [-0.3, -0.25) is 4.79 Å². The van der Waals surface area contributed by atoms with Crippen LogP contribution in [0.2, 0.25) is 0 Å². The largest absolute Gasteiger partial charge is 0.312 e. The summed E-state index contributed by atoms with van der Waals surface area (Å²) in [7, 11) is 0. The van der Waals surface area contributed by atoms with E-state index in [9.17, 15) is 9.18 Å². The molecule has 19 heavy (non-hydrogen) atoms. The van der Waals surface area contributed by atoms with Crippen molar-refractivity contribution in [3.05, 3.63) is 45.8 Å². The molecule has 0 aromatic carbocycles. The van der Waals surface area contributed by atoms with Gasteiger partial charge in [-0.15, -0.1) is 11.3 Å². The Bertz CT molecular complexity index is 688. The van der Waals surface area contributed by atoms with E-state index in [1.165, 1.54) is 29.7 Å². The van der Waals surface area contributed by atoms with Crippen LogP contribution in [-0.2, 0) is 0 Å². The maximum absolute atomic E-state index is 13.4. The van der Waals surface area contributed by atoms with Gasteiger partial charge in [0.1, 0.15) is 11.1 Å². The summed E-state index contributed by atoms with van der Waals surface area (Å²) in [6, 6.07) is 4.87. The van der Waals surface area contributed by atoms with E-state index in [0.717, 1.165) is 10.4 Å². The van der Waals surface area contributed by atoms with Crippen molar-refractivity contribution in [1.29, 1.82) is 5.26 Å². The lowest BCUT2D eigenvalue weighted by atomic mass is 10.2. The lowest BCUT2D eigenvalue weighted by molar-refractivity contribution is 0.102. The molecule has 0 aliphatic carbocycles. The normalized spacial score (nSPS) is 10.0. The van der Waals surface area contributed by atoms with Crippen LogP contribution in [-0.4, -0.2) is 10.9 Å². The standard InChI is InChI=1S/C13H10FN3OS/c1-7-8(2)19-13(10(7)6-15)17-12(18)9-4-3-5-16-11(9)14/h3-5H,1-2H3,(H,17,18). The highest BCUT2D eigenvalue weighted by molar-refractivity contribution is 7.16. The predicted molar refractivity (Wildman–Crippen MR) is 70.7 cm³/mol. The summed E-state index contributed by atoms with van der Waals surface area (Å²) in [6.45, 7) is 3.67. The fourth-order valence-electron chi connectivity index (χ4n) is 1.58. The van der Waals surface area contributed by atoms with Crippen LogP contribution >= 0.6 is 11.3 Å². The summed E-state index contributed by atoms with van der Waals surface area (Å²) in [5.74, 6) is -1.44. The smallest absolute Gasteiger partial charge is 0.260 e. The number of aromatic nitrogens is 1. The number of nitrogens with one attached hydrogen (secondary N) is 1. The number of thiophene rings is 1. The van der Waals surface area contributed by atoms with E-state index in [1.54, 1.807) is 0 Å². The summed E-state index contributed by atoms with van der Waals surface area (Å²) in [4.78, 5) is 16.3. The lowest BCUT2D eigenvalue weighted by Gasteiger charge is -2.03. The van der Waals surface area contributed by atoms with Crippen molar-refractivity contribution in [2.24, 2.45) is 0 Å². The molecule has 0 spiro atoms. The minimum Gasteiger partial charge on any atom is -0.312 e. The topological polar surface area (TPSA) is 65.8 Å². The van der Waals surface area contributed by atoms with Crippen molar-refractivity contribution >= 4 is 22.2 Å². The molecule has 0 unspecified atom stereocenters. The van der Waals surface area contributed by atoms with Gasteiger partial charge in [-0.05, 0) is 31.5 Å². The van der Waals surface area contributed by atoms with Gasteiger partial charge in [0.15, 0.2) is 0 Å². The number of hydrogen-bond acceptors (Lipinski definition) is 4. The van der Waals surface area contributed by atoms with Crippen LogP contribution in [0.4, 0.5) is 9.39 Å². The Morgan fingerprint density at radius 2 is 2.26 bits per heavy atom. The highest BCUT2D eigenvalue weighted by atomic mass is 32.1. The van der Waals surface area contributed by atoms with Crippen LogP contribution in [0.1, 0.15) is 26.4 Å². The maximum Gasteiger partial charge on any atom is 0.260 e. The zero-order valence-electron chi connectivity index (χ0n) is 10.3. The molecule has 0 saturated carbocycles. The molecular formula is C13H10FN3OS. The summed E-state index contributed by atoms with van der Waals surface area (Å²) in [6.07, 6.45) is 1.27. The molecule has 4 nitrogen and oxygen atoms in total. The summed E-state index contributed by atoms with van der Waals surface area (Å²) < 4.78 is 13.4. The molecule has 2 rings (SSSR count). The minimum atomic E-state index is -0.830. The number of halogens is 1. The number of carbonyl (C=O) groups excluding carboxylic acids is 1. The number of aryl methyl sites for hydroxylation is 1. The lowest BCUT2D eigenvalue weighted by Crippen LogP contribution is -2.14. The molecule has 0 bridgehead atoms. The second kappa shape index (κ2) is 5.16. The Labute approximate surface area is 113 Å². The zero-order valence-corrected chi connectivity index (χ0v) is 11.1. The molecule has 2 heterocycles. The Hall–Kier alpha value is -2.26. The fourth-order valence-corrected chi connectivity index (χ4v) is 2.58. The quantitative estimate of drug-likeness (QED) is 0.857. The zero-order chi connectivity index (χ0) is 14.0. The van der Waals surface area contributed by atoms with Crippen LogP contribution in [0.3, 0.4) is 0 Å². The van der Waals surface area contributed by atoms with Crippen molar-refractivity contribution in [3.63, 3.8) is 0 Å². The first-order valence-corrected chi connectivity index (χ1v) is 6.28. The van der Waals surface area contributed by atoms with Gasteiger partial charge in [0.25, 0.3) is 5.91 Å². The molecule has 6 heteroatoms. The van der Waals surface area contributed by atoms with Gasteiger partial charge in [0.2, 0.25) is 5.95 Å². The van der Waals surface area contributed by atoms with Gasteiger partial charge in [0, 0.05) is 11.1 Å². The Morgan fingerprint density at radius 1 is 1.53 bits per heavy atom. The number of amides is 1. The van der Waals surface area contributed by atoms with Crippen molar-refractivity contribution in [3.8, 4) is 6.07 Å². The Morgan fingerprint density at radius 3 is 2.89 bits per heavy atom. The van der Waals surface area contributed by atoms with E-state index >= 15 is 0 Å². The highest BCUT2D eigenvalue weighted by Gasteiger charge is 2.17. The van der Waals surface area contributed by atoms with E-state index in [4.69, 9.17) is 5.26 Å².